The number of methoxy groups -OCH3 is 1. The molecular weight excluding hydrogens is 278 g/mol. The van der Waals surface area contributed by atoms with Crippen LogP contribution in [0, 0.1) is 11.3 Å². The van der Waals surface area contributed by atoms with Gasteiger partial charge in [-0.25, -0.2) is 0 Å². The first-order valence-corrected chi connectivity index (χ1v) is 6.70. The lowest BCUT2D eigenvalue weighted by molar-refractivity contribution is 0.415. The van der Waals surface area contributed by atoms with Gasteiger partial charge in [-0.15, -0.1) is 0 Å². The van der Waals surface area contributed by atoms with Gasteiger partial charge >= 0.3 is 0 Å². The number of furan rings is 2. The number of hydrogen-bond acceptors (Lipinski definition) is 4. The molecule has 0 aliphatic rings. The van der Waals surface area contributed by atoms with E-state index in [-0.39, 0.29) is 0 Å². The molecule has 4 nitrogen and oxygen atoms in total. The quantitative estimate of drug-likeness (QED) is 0.658. The fraction of sp³-hybridized carbons (Fsp3) is 0.0556. The predicted molar refractivity (Wildman–Crippen MR) is 82.9 cm³/mol. The van der Waals surface area contributed by atoms with Gasteiger partial charge in [0.05, 0.1) is 18.9 Å². The van der Waals surface area contributed by atoms with E-state index in [2.05, 4.69) is 6.07 Å². The molecule has 0 saturated carbocycles. The van der Waals surface area contributed by atoms with E-state index in [1.807, 2.05) is 36.4 Å². The van der Waals surface area contributed by atoms with Gasteiger partial charge in [-0.1, -0.05) is 0 Å². The smallest absolute Gasteiger partial charge is 0.144 e. The molecule has 0 aliphatic heterocycles. The van der Waals surface area contributed by atoms with E-state index >= 15 is 0 Å². The Morgan fingerprint density at radius 1 is 1.14 bits per heavy atom. The maximum atomic E-state index is 9.21. The maximum Gasteiger partial charge on any atom is 0.144 e. The Bertz CT molecular complexity index is 818. The molecule has 4 heteroatoms. The molecule has 0 spiro atoms. The van der Waals surface area contributed by atoms with Crippen LogP contribution in [0.3, 0.4) is 0 Å². The van der Waals surface area contributed by atoms with Crippen molar-refractivity contribution >= 4 is 11.6 Å². The van der Waals surface area contributed by atoms with Crippen LogP contribution < -0.4 is 4.74 Å². The van der Waals surface area contributed by atoms with Crippen LogP contribution in [-0.4, -0.2) is 7.11 Å². The van der Waals surface area contributed by atoms with Crippen molar-refractivity contribution < 1.29 is 13.6 Å². The Morgan fingerprint density at radius 2 is 1.95 bits per heavy atom. The number of nitriles is 1. The Labute approximate surface area is 127 Å². The van der Waals surface area contributed by atoms with Gasteiger partial charge in [-0.2, -0.15) is 5.26 Å². The molecule has 3 aromatic rings. The van der Waals surface area contributed by atoms with Crippen molar-refractivity contribution in [3.05, 3.63) is 66.3 Å². The molecule has 0 unspecified atom stereocenters. The van der Waals surface area contributed by atoms with E-state index in [0.717, 1.165) is 17.1 Å². The number of ether oxygens (including phenoxy) is 1. The summed E-state index contributed by atoms with van der Waals surface area (Å²) in [5.74, 6) is 2.63. The molecule has 2 aromatic heterocycles. The molecule has 108 valence electrons. The van der Waals surface area contributed by atoms with Crippen LogP contribution in [0.2, 0.25) is 0 Å². The number of allylic oxidation sites excluding steroid dienone is 1. The van der Waals surface area contributed by atoms with Crippen LogP contribution in [0.5, 0.6) is 5.75 Å². The van der Waals surface area contributed by atoms with Crippen LogP contribution in [0.25, 0.3) is 23.0 Å². The summed E-state index contributed by atoms with van der Waals surface area (Å²) >= 11 is 0. The molecule has 3 rings (SSSR count). The van der Waals surface area contributed by atoms with Gasteiger partial charge in [0.2, 0.25) is 0 Å². The van der Waals surface area contributed by atoms with Crippen molar-refractivity contribution in [2.45, 2.75) is 0 Å². The molecule has 22 heavy (non-hydrogen) atoms. The summed E-state index contributed by atoms with van der Waals surface area (Å²) in [5.41, 5.74) is 1.36. The predicted octanol–water partition coefficient (Wildman–Crippen LogP) is 4.61. The van der Waals surface area contributed by atoms with E-state index < -0.39 is 0 Å². The molecule has 0 N–H and O–H groups in total. The summed E-state index contributed by atoms with van der Waals surface area (Å²) in [6.45, 7) is 0. The highest BCUT2D eigenvalue weighted by Crippen LogP contribution is 2.26. The molecule has 0 atom stereocenters. The van der Waals surface area contributed by atoms with Gasteiger partial charge in [-0.3, -0.25) is 0 Å². The Morgan fingerprint density at radius 3 is 2.59 bits per heavy atom. The largest absolute Gasteiger partial charge is 0.497 e. The first-order valence-electron chi connectivity index (χ1n) is 6.70. The summed E-state index contributed by atoms with van der Waals surface area (Å²) in [4.78, 5) is 0. The highest BCUT2D eigenvalue weighted by atomic mass is 16.5. The maximum absolute atomic E-state index is 9.21. The standard InChI is InChI=1S/C18H13NO3/c1-20-15-6-4-13(5-7-15)18-9-8-16(22-18)11-14(12-19)17-3-2-10-21-17/h2-11H,1H3. The van der Waals surface area contributed by atoms with E-state index in [9.17, 15) is 5.26 Å². The molecule has 0 bridgehead atoms. The highest BCUT2D eigenvalue weighted by Gasteiger charge is 2.07. The first kappa shape index (κ1) is 13.8. The summed E-state index contributed by atoms with van der Waals surface area (Å²) in [5, 5.41) is 9.21. The van der Waals surface area contributed by atoms with Crippen LogP contribution >= 0.6 is 0 Å². The SMILES string of the molecule is COc1ccc(-c2ccc(C=C(C#N)c3ccco3)o2)cc1. The average Bonchev–Trinajstić information content (AvgIpc) is 3.24. The molecule has 1 aromatic carbocycles. The van der Waals surface area contributed by atoms with Crippen molar-refractivity contribution in [3.8, 4) is 23.1 Å². The summed E-state index contributed by atoms with van der Waals surface area (Å²) < 4.78 is 16.1. The Hall–Kier alpha value is -3.19. The van der Waals surface area contributed by atoms with Gasteiger partial charge in [0.15, 0.2) is 0 Å². The zero-order valence-corrected chi connectivity index (χ0v) is 11.9. The van der Waals surface area contributed by atoms with Gasteiger partial charge in [-0.05, 0) is 48.5 Å². The lowest BCUT2D eigenvalue weighted by Gasteiger charge is -2.00. The second-order valence-corrected chi connectivity index (χ2v) is 4.58. The van der Waals surface area contributed by atoms with Crippen LogP contribution in [-0.2, 0) is 0 Å². The molecule has 0 fully saturated rings. The van der Waals surface area contributed by atoms with Gasteiger partial charge in [0.25, 0.3) is 0 Å². The minimum absolute atomic E-state index is 0.417. The third kappa shape index (κ3) is 2.79. The fourth-order valence-corrected chi connectivity index (χ4v) is 2.07. The van der Waals surface area contributed by atoms with Crippen molar-refractivity contribution in [3.63, 3.8) is 0 Å². The van der Waals surface area contributed by atoms with Crippen molar-refractivity contribution in [2.75, 3.05) is 7.11 Å². The fourth-order valence-electron chi connectivity index (χ4n) is 2.07. The van der Waals surface area contributed by atoms with E-state index in [1.165, 1.54) is 6.26 Å². The minimum atomic E-state index is 0.417. The zero-order chi connectivity index (χ0) is 15.4. The number of nitrogens with zero attached hydrogens (tertiary/aromatic N) is 1. The monoisotopic (exact) mass is 291 g/mol. The van der Waals surface area contributed by atoms with Crippen molar-refractivity contribution in [1.29, 1.82) is 5.26 Å². The second kappa shape index (κ2) is 6.06. The van der Waals surface area contributed by atoms with Crippen molar-refractivity contribution in [1.82, 2.24) is 0 Å². The number of rotatable bonds is 4. The highest BCUT2D eigenvalue weighted by molar-refractivity contribution is 5.86. The lowest BCUT2D eigenvalue weighted by atomic mass is 10.1. The third-order valence-electron chi connectivity index (χ3n) is 3.20. The molecular formula is C18H13NO3. The van der Waals surface area contributed by atoms with Gasteiger partial charge < -0.3 is 13.6 Å². The van der Waals surface area contributed by atoms with E-state index in [0.29, 0.717) is 17.1 Å². The minimum Gasteiger partial charge on any atom is -0.497 e. The average molecular weight is 291 g/mol. The third-order valence-corrected chi connectivity index (χ3v) is 3.20. The van der Waals surface area contributed by atoms with Crippen LogP contribution in [0.1, 0.15) is 11.5 Å². The second-order valence-electron chi connectivity index (χ2n) is 4.58. The number of benzene rings is 1. The summed E-state index contributed by atoms with van der Waals surface area (Å²) in [7, 11) is 1.63. The number of hydrogen-bond donors (Lipinski definition) is 0. The van der Waals surface area contributed by atoms with Crippen molar-refractivity contribution in [2.24, 2.45) is 0 Å². The Balaban J connectivity index is 1.88. The molecule has 0 aliphatic carbocycles. The lowest BCUT2D eigenvalue weighted by Crippen LogP contribution is -1.81. The Kier molecular flexibility index (Phi) is 3.80. The first-order chi connectivity index (χ1) is 10.8. The van der Waals surface area contributed by atoms with Crippen LogP contribution in [0.4, 0.5) is 0 Å². The zero-order valence-electron chi connectivity index (χ0n) is 11.9. The normalized spacial score (nSPS) is 11.2. The molecule has 0 amide bonds. The van der Waals surface area contributed by atoms with Gasteiger partial charge in [0.1, 0.15) is 29.1 Å². The van der Waals surface area contributed by atoms with E-state index in [1.54, 1.807) is 25.3 Å². The van der Waals surface area contributed by atoms with E-state index in [4.69, 9.17) is 13.6 Å². The molecule has 0 radical (unpaired) electrons. The molecule has 0 saturated heterocycles. The van der Waals surface area contributed by atoms with Crippen LogP contribution in [0.15, 0.2) is 63.6 Å². The topological polar surface area (TPSA) is 59.3 Å². The summed E-state index contributed by atoms with van der Waals surface area (Å²) in [6, 6.07) is 16.9. The summed E-state index contributed by atoms with van der Waals surface area (Å²) in [6.07, 6.45) is 3.19. The molecule has 2 heterocycles. The van der Waals surface area contributed by atoms with Gasteiger partial charge in [0, 0.05) is 11.6 Å².